The SMILES string of the molecule is NC(=O)C(=O)C(Cc1ccno1)NC(=O)c1cncn1-c1ccccn1. The van der Waals surface area contributed by atoms with E-state index in [0.717, 1.165) is 0 Å². The van der Waals surface area contributed by atoms with Crippen LogP contribution in [0.2, 0.25) is 0 Å². The molecule has 1 unspecified atom stereocenters. The van der Waals surface area contributed by atoms with Crippen LogP contribution >= 0.6 is 0 Å². The standard InChI is InChI=1S/C16H14N6O4/c17-15(24)14(23)11(7-10-4-6-20-26-10)21-16(25)12-8-18-9-22(12)13-3-1-2-5-19-13/h1-6,8-9,11H,7H2,(H2,17,24)(H,21,25). The van der Waals surface area contributed by atoms with Gasteiger partial charge in [-0.05, 0) is 12.1 Å². The molecule has 132 valence electrons. The average molecular weight is 354 g/mol. The molecule has 3 heterocycles. The number of carbonyl (C=O) groups is 3. The molecule has 0 aliphatic rings. The number of pyridine rings is 1. The zero-order chi connectivity index (χ0) is 18.5. The first-order chi connectivity index (χ1) is 12.6. The van der Waals surface area contributed by atoms with Crippen LogP contribution < -0.4 is 11.1 Å². The van der Waals surface area contributed by atoms with Crippen molar-refractivity contribution in [2.24, 2.45) is 5.73 Å². The van der Waals surface area contributed by atoms with Gasteiger partial charge in [0, 0.05) is 18.7 Å². The Hall–Kier alpha value is -3.82. The summed E-state index contributed by atoms with van der Waals surface area (Å²) < 4.78 is 6.38. The Morgan fingerprint density at radius 2 is 2.08 bits per heavy atom. The van der Waals surface area contributed by atoms with Crippen LogP contribution in [-0.4, -0.2) is 43.3 Å². The maximum absolute atomic E-state index is 12.6. The molecule has 0 saturated heterocycles. The normalized spacial score (nSPS) is 11.7. The van der Waals surface area contributed by atoms with Gasteiger partial charge in [-0.1, -0.05) is 11.2 Å². The number of rotatable bonds is 7. The molecule has 0 radical (unpaired) electrons. The topological polar surface area (TPSA) is 146 Å². The van der Waals surface area contributed by atoms with Crippen molar-refractivity contribution in [3.63, 3.8) is 0 Å². The number of hydrogen-bond acceptors (Lipinski definition) is 7. The van der Waals surface area contributed by atoms with Gasteiger partial charge in [0.05, 0.1) is 12.4 Å². The maximum Gasteiger partial charge on any atom is 0.287 e. The Kier molecular flexibility index (Phi) is 4.83. The van der Waals surface area contributed by atoms with Crippen molar-refractivity contribution < 1.29 is 18.9 Å². The summed E-state index contributed by atoms with van der Waals surface area (Å²) in [5.41, 5.74) is 5.21. The highest BCUT2D eigenvalue weighted by atomic mass is 16.5. The molecule has 1 atom stereocenters. The molecule has 10 heteroatoms. The number of Topliss-reactive ketones (excluding diaryl/α,β-unsaturated/α-hetero) is 1. The summed E-state index contributed by atoms with van der Waals surface area (Å²) in [4.78, 5) is 44.0. The summed E-state index contributed by atoms with van der Waals surface area (Å²) in [5.74, 6) is -1.93. The Labute approximate surface area is 147 Å². The van der Waals surface area contributed by atoms with Gasteiger partial charge in [-0.25, -0.2) is 9.97 Å². The number of nitrogens with zero attached hydrogens (tertiary/aromatic N) is 4. The average Bonchev–Trinajstić information content (AvgIpc) is 3.32. The number of nitrogens with two attached hydrogens (primary N) is 1. The predicted molar refractivity (Wildman–Crippen MR) is 87.0 cm³/mol. The third-order valence-electron chi connectivity index (χ3n) is 3.53. The minimum absolute atomic E-state index is 0.0642. The fourth-order valence-electron chi connectivity index (χ4n) is 2.30. The molecule has 0 aromatic carbocycles. The van der Waals surface area contributed by atoms with Crippen LogP contribution in [0.5, 0.6) is 0 Å². The number of ketones is 1. The van der Waals surface area contributed by atoms with E-state index in [4.69, 9.17) is 10.3 Å². The fourth-order valence-corrected chi connectivity index (χ4v) is 2.30. The van der Waals surface area contributed by atoms with Crippen molar-refractivity contribution in [2.45, 2.75) is 12.5 Å². The van der Waals surface area contributed by atoms with E-state index in [9.17, 15) is 14.4 Å². The van der Waals surface area contributed by atoms with Gasteiger partial charge in [-0.3, -0.25) is 19.0 Å². The van der Waals surface area contributed by atoms with E-state index in [2.05, 4.69) is 20.4 Å². The van der Waals surface area contributed by atoms with Crippen LogP contribution in [0.3, 0.4) is 0 Å². The van der Waals surface area contributed by atoms with Gasteiger partial charge in [0.1, 0.15) is 29.6 Å². The Balaban J connectivity index is 1.83. The highest BCUT2D eigenvalue weighted by molar-refractivity contribution is 6.38. The first-order valence-corrected chi connectivity index (χ1v) is 7.54. The summed E-state index contributed by atoms with van der Waals surface area (Å²) >= 11 is 0. The molecule has 3 aromatic rings. The highest BCUT2D eigenvalue weighted by Crippen LogP contribution is 2.10. The molecule has 10 nitrogen and oxygen atoms in total. The number of aromatic nitrogens is 4. The zero-order valence-corrected chi connectivity index (χ0v) is 13.4. The molecular formula is C16H14N6O4. The van der Waals surface area contributed by atoms with Crippen LogP contribution in [0.4, 0.5) is 0 Å². The zero-order valence-electron chi connectivity index (χ0n) is 13.4. The minimum atomic E-state index is -1.19. The van der Waals surface area contributed by atoms with E-state index in [1.807, 2.05) is 0 Å². The van der Waals surface area contributed by atoms with Gasteiger partial charge >= 0.3 is 0 Å². The second kappa shape index (κ2) is 7.38. The third kappa shape index (κ3) is 3.64. The van der Waals surface area contributed by atoms with Crippen molar-refractivity contribution in [1.29, 1.82) is 0 Å². The third-order valence-corrected chi connectivity index (χ3v) is 3.53. The first-order valence-electron chi connectivity index (χ1n) is 7.54. The highest BCUT2D eigenvalue weighted by Gasteiger charge is 2.28. The van der Waals surface area contributed by atoms with E-state index in [0.29, 0.717) is 11.6 Å². The second-order valence-electron chi connectivity index (χ2n) is 5.27. The molecule has 3 rings (SSSR count). The maximum atomic E-state index is 12.6. The summed E-state index contributed by atoms with van der Waals surface area (Å²) in [6, 6.07) is 5.51. The van der Waals surface area contributed by atoms with Crippen LogP contribution in [0.1, 0.15) is 16.2 Å². The lowest BCUT2D eigenvalue weighted by Gasteiger charge is -2.15. The molecular weight excluding hydrogens is 340 g/mol. The molecule has 3 N–H and O–H groups in total. The number of amides is 2. The van der Waals surface area contributed by atoms with Gasteiger partial charge in [0.2, 0.25) is 5.78 Å². The molecule has 0 aliphatic heterocycles. The van der Waals surface area contributed by atoms with Crippen LogP contribution in [0.25, 0.3) is 5.82 Å². The number of hydrogen-bond donors (Lipinski definition) is 2. The first kappa shape index (κ1) is 17.0. The largest absolute Gasteiger partial charge is 0.363 e. The molecule has 0 bridgehead atoms. The Bertz CT molecular complexity index is 919. The second-order valence-corrected chi connectivity index (χ2v) is 5.27. The lowest BCUT2D eigenvalue weighted by atomic mass is 10.1. The molecule has 0 saturated carbocycles. The van der Waals surface area contributed by atoms with Crippen LogP contribution in [-0.2, 0) is 16.0 Å². The Morgan fingerprint density at radius 3 is 2.73 bits per heavy atom. The van der Waals surface area contributed by atoms with Crippen molar-refractivity contribution in [1.82, 2.24) is 25.0 Å². The van der Waals surface area contributed by atoms with Gasteiger partial charge in [0.15, 0.2) is 0 Å². The van der Waals surface area contributed by atoms with Crippen molar-refractivity contribution in [3.05, 3.63) is 60.6 Å². The van der Waals surface area contributed by atoms with Gasteiger partial charge in [-0.2, -0.15) is 0 Å². The van der Waals surface area contributed by atoms with Gasteiger partial charge in [-0.15, -0.1) is 0 Å². The number of primary amides is 1. The van der Waals surface area contributed by atoms with E-state index in [-0.39, 0.29) is 12.1 Å². The monoisotopic (exact) mass is 354 g/mol. The van der Waals surface area contributed by atoms with Crippen LogP contribution in [0.15, 0.2) is 53.7 Å². The van der Waals surface area contributed by atoms with Crippen molar-refractivity contribution in [2.75, 3.05) is 0 Å². The summed E-state index contributed by atoms with van der Waals surface area (Å²) in [5, 5.41) is 6.01. The number of nitrogens with one attached hydrogen (secondary N) is 1. The van der Waals surface area contributed by atoms with E-state index < -0.39 is 23.6 Å². The van der Waals surface area contributed by atoms with E-state index >= 15 is 0 Å². The molecule has 0 aliphatic carbocycles. The van der Waals surface area contributed by atoms with E-state index in [1.165, 1.54) is 29.4 Å². The summed E-state index contributed by atoms with van der Waals surface area (Å²) in [7, 11) is 0. The predicted octanol–water partition coefficient (Wildman–Crippen LogP) is -0.349. The molecule has 3 aromatic heterocycles. The fraction of sp³-hybridized carbons (Fsp3) is 0.125. The van der Waals surface area contributed by atoms with Gasteiger partial charge in [0.25, 0.3) is 11.8 Å². The minimum Gasteiger partial charge on any atom is -0.363 e. The molecule has 2 amide bonds. The summed E-state index contributed by atoms with van der Waals surface area (Å²) in [6.07, 6.45) is 5.63. The van der Waals surface area contributed by atoms with Crippen molar-refractivity contribution in [3.8, 4) is 5.82 Å². The molecule has 0 spiro atoms. The van der Waals surface area contributed by atoms with Crippen molar-refractivity contribution >= 4 is 17.6 Å². The lowest BCUT2D eigenvalue weighted by molar-refractivity contribution is -0.137. The van der Waals surface area contributed by atoms with Crippen LogP contribution in [0, 0.1) is 0 Å². The quantitative estimate of drug-likeness (QED) is 0.551. The Morgan fingerprint density at radius 1 is 1.23 bits per heavy atom. The summed E-state index contributed by atoms with van der Waals surface area (Å²) in [6.45, 7) is 0. The number of imidazole rings is 1. The number of carbonyl (C=O) groups excluding carboxylic acids is 3. The molecule has 26 heavy (non-hydrogen) atoms. The molecule has 0 fully saturated rings. The van der Waals surface area contributed by atoms with E-state index in [1.54, 1.807) is 24.4 Å². The lowest BCUT2D eigenvalue weighted by Crippen LogP contribution is -2.47. The smallest absolute Gasteiger partial charge is 0.287 e. The van der Waals surface area contributed by atoms with Gasteiger partial charge < -0.3 is 15.6 Å².